The number of hydrogen-bond donors (Lipinski definition) is 3. The molecule has 1 aromatic heterocycles. The molecule has 0 aliphatic heterocycles. The Morgan fingerprint density at radius 2 is 2.38 bits per heavy atom. The van der Waals surface area contributed by atoms with Gasteiger partial charge in [-0.2, -0.15) is 5.10 Å². The monoisotopic (exact) mass is 226 g/mol. The number of amides is 1. The highest BCUT2D eigenvalue weighted by atomic mass is 16.3. The van der Waals surface area contributed by atoms with E-state index >= 15 is 0 Å². The molecule has 0 aromatic carbocycles. The number of aromatic nitrogens is 2. The van der Waals surface area contributed by atoms with E-state index in [1.165, 1.54) is 6.07 Å². The van der Waals surface area contributed by atoms with E-state index in [2.05, 4.69) is 17.1 Å². The summed E-state index contributed by atoms with van der Waals surface area (Å²) in [5.41, 5.74) is 5.79. The molecule has 16 heavy (non-hydrogen) atoms. The minimum absolute atomic E-state index is 0.0426. The maximum absolute atomic E-state index is 11.9. The zero-order valence-corrected chi connectivity index (χ0v) is 9.44. The number of unbranched alkanes of at least 4 members (excludes halogenated alkanes) is 1. The summed E-state index contributed by atoms with van der Waals surface area (Å²) in [6, 6.07) is 1.50. The molecule has 0 aliphatic rings. The Morgan fingerprint density at radius 3 is 2.88 bits per heavy atom. The third kappa shape index (κ3) is 3.23. The summed E-state index contributed by atoms with van der Waals surface area (Å²) in [5.74, 6) is 0.120. The van der Waals surface area contributed by atoms with Gasteiger partial charge in [0, 0.05) is 19.2 Å². The summed E-state index contributed by atoms with van der Waals surface area (Å²) in [6.07, 6.45) is 1.91. The van der Waals surface area contributed by atoms with E-state index < -0.39 is 0 Å². The van der Waals surface area contributed by atoms with Crippen molar-refractivity contribution in [2.75, 3.05) is 25.4 Å². The summed E-state index contributed by atoms with van der Waals surface area (Å²) >= 11 is 0. The molecule has 0 radical (unpaired) electrons. The third-order valence-corrected chi connectivity index (χ3v) is 2.27. The van der Waals surface area contributed by atoms with E-state index in [-0.39, 0.29) is 12.5 Å². The molecule has 4 N–H and O–H groups in total. The number of carbonyl (C=O) groups excluding carboxylic acids is 1. The number of aliphatic hydroxyl groups excluding tert-OH is 1. The minimum atomic E-state index is -0.174. The van der Waals surface area contributed by atoms with Crippen LogP contribution in [0, 0.1) is 0 Å². The summed E-state index contributed by atoms with van der Waals surface area (Å²) in [6.45, 7) is 2.97. The fraction of sp³-hybridized carbons (Fsp3) is 0.600. The van der Waals surface area contributed by atoms with Crippen molar-refractivity contribution < 1.29 is 9.90 Å². The number of carbonyl (C=O) groups is 1. The SMILES string of the molecule is CCCCN(CCO)C(=O)c1cc(N)n[nH]1. The molecule has 1 aromatic rings. The summed E-state index contributed by atoms with van der Waals surface area (Å²) in [5, 5.41) is 15.2. The second-order valence-corrected chi connectivity index (χ2v) is 3.58. The first-order chi connectivity index (χ1) is 7.69. The van der Waals surface area contributed by atoms with Crippen molar-refractivity contribution in [3.8, 4) is 0 Å². The van der Waals surface area contributed by atoms with Crippen molar-refractivity contribution in [1.29, 1.82) is 0 Å². The van der Waals surface area contributed by atoms with Gasteiger partial charge in [-0.1, -0.05) is 13.3 Å². The van der Waals surface area contributed by atoms with Crippen molar-refractivity contribution in [3.63, 3.8) is 0 Å². The van der Waals surface area contributed by atoms with Gasteiger partial charge in [-0.3, -0.25) is 9.89 Å². The average molecular weight is 226 g/mol. The van der Waals surface area contributed by atoms with Crippen LogP contribution >= 0.6 is 0 Å². The van der Waals surface area contributed by atoms with Crippen LogP contribution in [0.25, 0.3) is 0 Å². The fourth-order valence-electron chi connectivity index (χ4n) is 1.40. The zero-order valence-electron chi connectivity index (χ0n) is 9.44. The second kappa shape index (κ2) is 6.12. The van der Waals surface area contributed by atoms with Gasteiger partial charge in [0.1, 0.15) is 11.5 Å². The summed E-state index contributed by atoms with van der Waals surface area (Å²) in [7, 11) is 0. The number of nitrogens with zero attached hydrogens (tertiary/aromatic N) is 2. The molecule has 0 atom stereocenters. The molecule has 6 heteroatoms. The van der Waals surface area contributed by atoms with E-state index in [0.717, 1.165) is 12.8 Å². The van der Waals surface area contributed by atoms with Gasteiger partial charge in [0.05, 0.1) is 6.61 Å². The normalized spacial score (nSPS) is 10.4. The van der Waals surface area contributed by atoms with Crippen LogP contribution in [0.1, 0.15) is 30.3 Å². The van der Waals surface area contributed by atoms with Crippen molar-refractivity contribution in [1.82, 2.24) is 15.1 Å². The Bertz CT molecular complexity index is 337. The lowest BCUT2D eigenvalue weighted by molar-refractivity contribution is 0.0713. The van der Waals surface area contributed by atoms with Crippen molar-refractivity contribution in [2.24, 2.45) is 0 Å². The molecule has 1 rings (SSSR count). The standard InChI is InChI=1S/C10H18N4O2/c1-2-3-4-14(5-6-15)10(16)8-7-9(11)13-12-8/h7,15H,2-6H2,1H3,(H3,11,12,13). The molecular weight excluding hydrogens is 208 g/mol. The van der Waals surface area contributed by atoms with Crippen LogP contribution in [-0.4, -0.2) is 45.8 Å². The summed E-state index contributed by atoms with van der Waals surface area (Å²) in [4.78, 5) is 13.5. The number of hydrogen-bond acceptors (Lipinski definition) is 4. The number of nitrogen functional groups attached to an aromatic ring is 1. The number of anilines is 1. The van der Waals surface area contributed by atoms with Gasteiger partial charge >= 0.3 is 0 Å². The quantitative estimate of drug-likeness (QED) is 0.647. The molecule has 0 bridgehead atoms. The second-order valence-electron chi connectivity index (χ2n) is 3.58. The molecule has 0 aliphatic carbocycles. The molecule has 90 valence electrons. The average Bonchev–Trinajstić information content (AvgIpc) is 2.70. The maximum atomic E-state index is 11.9. The van der Waals surface area contributed by atoms with Crippen LogP contribution in [0.3, 0.4) is 0 Å². The molecule has 0 saturated carbocycles. The Kier molecular flexibility index (Phi) is 4.78. The Labute approximate surface area is 94.4 Å². The minimum Gasteiger partial charge on any atom is -0.395 e. The molecular formula is C10H18N4O2. The van der Waals surface area contributed by atoms with Gasteiger partial charge in [-0.15, -0.1) is 0 Å². The topological polar surface area (TPSA) is 95.2 Å². The van der Waals surface area contributed by atoms with Gasteiger partial charge in [0.25, 0.3) is 5.91 Å². The molecule has 0 saturated heterocycles. The number of H-pyrrole nitrogens is 1. The van der Waals surface area contributed by atoms with E-state index in [0.29, 0.717) is 24.6 Å². The number of rotatable bonds is 6. The number of aliphatic hydroxyl groups is 1. The van der Waals surface area contributed by atoms with E-state index in [1.54, 1.807) is 4.90 Å². The van der Waals surface area contributed by atoms with Crippen LogP contribution < -0.4 is 5.73 Å². The highest BCUT2D eigenvalue weighted by Gasteiger charge is 2.16. The Hall–Kier alpha value is -1.56. The van der Waals surface area contributed by atoms with Crippen molar-refractivity contribution >= 4 is 11.7 Å². The first-order valence-electron chi connectivity index (χ1n) is 5.40. The smallest absolute Gasteiger partial charge is 0.272 e. The molecule has 0 fully saturated rings. The molecule has 1 amide bonds. The van der Waals surface area contributed by atoms with Crippen molar-refractivity contribution in [3.05, 3.63) is 11.8 Å². The predicted molar refractivity (Wildman–Crippen MR) is 60.9 cm³/mol. The largest absolute Gasteiger partial charge is 0.395 e. The number of nitrogens with two attached hydrogens (primary N) is 1. The first-order valence-corrected chi connectivity index (χ1v) is 5.40. The molecule has 0 spiro atoms. The van der Waals surface area contributed by atoms with Crippen LogP contribution in [0.5, 0.6) is 0 Å². The van der Waals surface area contributed by atoms with Crippen LogP contribution in [0.4, 0.5) is 5.82 Å². The lowest BCUT2D eigenvalue weighted by Crippen LogP contribution is -2.34. The maximum Gasteiger partial charge on any atom is 0.272 e. The zero-order chi connectivity index (χ0) is 12.0. The number of aromatic amines is 1. The van der Waals surface area contributed by atoms with E-state index in [9.17, 15) is 4.79 Å². The Balaban J connectivity index is 2.66. The van der Waals surface area contributed by atoms with Crippen LogP contribution in [0.2, 0.25) is 0 Å². The fourth-order valence-corrected chi connectivity index (χ4v) is 1.40. The number of nitrogens with one attached hydrogen (secondary N) is 1. The third-order valence-electron chi connectivity index (χ3n) is 2.27. The first kappa shape index (κ1) is 12.5. The Morgan fingerprint density at radius 1 is 1.62 bits per heavy atom. The van der Waals surface area contributed by atoms with E-state index in [4.69, 9.17) is 10.8 Å². The highest BCUT2D eigenvalue weighted by Crippen LogP contribution is 2.06. The van der Waals surface area contributed by atoms with Crippen molar-refractivity contribution in [2.45, 2.75) is 19.8 Å². The molecule has 1 heterocycles. The predicted octanol–water partition coefficient (Wildman–Crippen LogP) is 0.227. The van der Waals surface area contributed by atoms with Gasteiger partial charge in [0.15, 0.2) is 0 Å². The molecule has 6 nitrogen and oxygen atoms in total. The highest BCUT2D eigenvalue weighted by molar-refractivity contribution is 5.92. The van der Waals surface area contributed by atoms with Crippen LogP contribution in [0.15, 0.2) is 6.07 Å². The summed E-state index contributed by atoms with van der Waals surface area (Å²) < 4.78 is 0. The van der Waals surface area contributed by atoms with E-state index in [1.807, 2.05) is 0 Å². The van der Waals surface area contributed by atoms with Gasteiger partial charge in [-0.25, -0.2) is 0 Å². The molecule has 0 unspecified atom stereocenters. The van der Waals surface area contributed by atoms with Crippen LogP contribution in [-0.2, 0) is 0 Å². The van der Waals surface area contributed by atoms with Gasteiger partial charge in [-0.05, 0) is 6.42 Å². The van der Waals surface area contributed by atoms with Gasteiger partial charge in [0.2, 0.25) is 0 Å². The lowest BCUT2D eigenvalue weighted by atomic mass is 10.3. The van der Waals surface area contributed by atoms with Gasteiger partial charge < -0.3 is 15.7 Å². The lowest BCUT2D eigenvalue weighted by Gasteiger charge is -2.20.